The molecular formula is C22H20N2O5S2. The van der Waals surface area contributed by atoms with Crippen molar-refractivity contribution in [3.63, 3.8) is 0 Å². The molecule has 0 unspecified atom stereocenters. The quantitative estimate of drug-likeness (QED) is 0.451. The Morgan fingerprint density at radius 2 is 1.97 bits per heavy atom. The van der Waals surface area contributed by atoms with Gasteiger partial charge in [-0.15, -0.1) is 11.3 Å². The van der Waals surface area contributed by atoms with E-state index in [0.717, 1.165) is 22.5 Å². The van der Waals surface area contributed by atoms with Gasteiger partial charge in [-0.25, -0.2) is 4.98 Å². The Bertz CT molecular complexity index is 1270. The fourth-order valence-corrected chi connectivity index (χ4v) is 4.66. The number of nitrogens with one attached hydrogen (secondary N) is 1. The molecule has 3 aromatic rings. The molecule has 0 atom stereocenters. The molecule has 160 valence electrons. The zero-order chi connectivity index (χ0) is 22.4. The first-order valence-corrected chi connectivity index (χ1v) is 11.5. The molecule has 1 aromatic heterocycles. The fraction of sp³-hybridized carbons (Fsp3) is 0.182. The van der Waals surface area contributed by atoms with Gasteiger partial charge in [-0.3, -0.25) is 9.52 Å². The second kappa shape index (κ2) is 9.64. The Morgan fingerprint density at radius 1 is 1.16 bits per heavy atom. The summed E-state index contributed by atoms with van der Waals surface area (Å²) in [6.45, 7) is 1.97. The van der Waals surface area contributed by atoms with Crippen molar-refractivity contribution in [2.45, 2.75) is 18.4 Å². The number of carbonyl (C=O) groups is 1. The predicted octanol–water partition coefficient (Wildman–Crippen LogP) is 3.38. The number of hydrogen-bond acceptors (Lipinski definition) is 7. The Labute approximate surface area is 185 Å². The number of carbonyl (C=O) groups excluding carboxylic acids is 1. The van der Waals surface area contributed by atoms with Gasteiger partial charge in [0.1, 0.15) is 5.75 Å². The monoisotopic (exact) mass is 456 g/mol. The number of sulfonamides is 1. The van der Waals surface area contributed by atoms with Crippen molar-refractivity contribution >= 4 is 33.0 Å². The molecule has 3 rings (SSSR count). The van der Waals surface area contributed by atoms with Crippen LogP contribution >= 0.6 is 11.3 Å². The number of esters is 1. The van der Waals surface area contributed by atoms with E-state index in [4.69, 9.17) is 4.74 Å². The molecule has 1 N–H and O–H groups in total. The highest BCUT2D eigenvalue weighted by molar-refractivity contribution is 7.92. The number of hydrogen-bond donors (Lipinski definition) is 1. The van der Waals surface area contributed by atoms with Crippen LogP contribution < -0.4 is 9.46 Å². The second-order valence-electron chi connectivity index (χ2n) is 6.50. The first-order valence-electron chi connectivity index (χ1n) is 9.11. The van der Waals surface area contributed by atoms with Gasteiger partial charge in [0.05, 0.1) is 26.3 Å². The van der Waals surface area contributed by atoms with Crippen LogP contribution in [0.3, 0.4) is 0 Å². The van der Waals surface area contributed by atoms with E-state index in [1.807, 2.05) is 31.2 Å². The van der Waals surface area contributed by atoms with Crippen LogP contribution in [-0.2, 0) is 26.0 Å². The van der Waals surface area contributed by atoms with E-state index in [-0.39, 0.29) is 22.9 Å². The molecule has 0 saturated heterocycles. The van der Waals surface area contributed by atoms with Crippen LogP contribution in [0.2, 0.25) is 0 Å². The van der Waals surface area contributed by atoms with Crippen molar-refractivity contribution in [1.29, 1.82) is 0 Å². The van der Waals surface area contributed by atoms with Crippen molar-refractivity contribution in [1.82, 2.24) is 4.98 Å². The molecule has 1 heterocycles. The third-order valence-corrected chi connectivity index (χ3v) is 6.33. The number of anilines is 1. The van der Waals surface area contributed by atoms with Crippen LogP contribution in [0, 0.1) is 18.8 Å². The minimum absolute atomic E-state index is 0.0505. The largest absolute Gasteiger partial charge is 0.495 e. The summed E-state index contributed by atoms with van der Waals surface area (Å²) in [5, 5.41) is 1.69. The van der Waals surface area contributed by atoms with Gasteiger partial charge in [0.2, 0.25) is 0 Å². The molecule has 2 aromatic carbocycles. The topological polar surface area (TPSA) is 94.6 Å². The molecule has 0 bridgehead atoms. The van der Waals surface area contributed by atoms with E-state index in [9.17, 15) is 13.2 Å². The maximum atomic E-state index is 12.8. The zero-order valence-electron chi connectivity index (χ0n) is 17.1. The highest BCUT2D eigenvalue weighted by atomic mass is 32.2. The van der Waals surface area contributed by atoms with Crippen LogP contribution in [0.15, 0.2) is 52.9 Å². The van der Waals surface area contributed by atoms with Gasteiger partial charge < -0.3 is 9.47 Å². The summed E-state index contributed by atoms with van der Waals surface area (Å²) in [5.74, 6) is 5.75. The summed E-state index contributed by atoms with van der Waals surface area (Å²) in [7, 11) is -1.23. The van der Waals surface area contributed by atoms with Gasteiger partial charge in [-0.1, -0.05) is 24.1 Å². The van der Waals surface area contributed by atoms with Gasteiger partial charge in [-0.05, 0) is 48.2 Å². The Morgan fingerprint density at radius 3 is 2.68 bits per heavy atom. The maximum Gasteiger partial charge on any atom is 0.309 e. The average Bonchev–Trinajstić information content (AvgIpc) is 3.23. The number of benzene rings is 2. The number of thiazole rings is 1. The highest BCUT2D eigenvalue weighted by Gasteiger charge is 2.20. The summed E-state index contributed by atoms with van der Waals surface area (Å²) in [5.41, 5.74) is 2.78. The minimum Gasteiger partial charge on any atom is -0.495 e. The van der Waals surface area contributed by atoms with Crippen LogP contribution in [0.25, 0.3) is 0 Å². The van der Waals surface area contributed by atoms with Crippen LogP contribution in [0.5, 0.6) is 5.75 Å². The van der Waals surface area contributed by atoms with E-state index >= 15 is 0 Å². The molecule has 0 aliphatic carbocycles. The van der Waals surface area contributed by atoms with E-state index in [2.05, 4.69) is 26.3 Å². The highest BCUT2D eigenvalue weighted by Crippen LogP contribution is 2.28. The molecule has 0 saturated carbocycles. The molecule has 9 heteroatoms. The number of methoxy groups -OCH3 is 2. The zero-order valence-corrected chi connectivity index (χ0v) is 18.8. The third kappa shape index (κ3) is 5.84. The van der Waals surface area contributed by atoms with E-state index in [1.54, 1.807) is 12.1 Å². The molecule has 0 amide bonds. The maximum absolute atomic E-state index is 12.8. The van der Waals surface area contributed by atoms with Gasteiger partial charge in [0.15, 0.2) is 10.0 Å². The van der Waals surface area contributed by atoms with Crippen molar-refractivity contribution in [3.8, 4) is 17.6 Å². The number of rotatable bonds is 6. The number of nitrogens with zero attached hydrogens (tertiary/aromatic N) is 1. The van der Waals surface area contributed by atoms with Gasteiger partial charge in [-0.2, -0.15) is 8.42 Å². The molecular weight excluding hydrogens is 436 g/mol. The lowest BCUT2D eigenvalue weighted by Crippen LogP contribution is -2.14. The smallest absolute Gasteiger partial charge is 0.309 e. The summed E-state index contributed by atoms with van der Waals surface area (Å²) >= 11 is 1.15. The van der Waals surface area contributed by atoms with Crippen LogP contribution in [0.1, 0.15) is 21.7 Å². The number of aromatic nitrogens is 1. The lowest BCUT2D eigenvalue weighted by molar-refractivity contribution is -0.139. The molecule has 31 heavy (non-hydrogen) atoms. The van der Waals surface area contributed by atoms with Crippen LogP contribution in [0.4, 0.5) is 5.69 Å². The lowest BCUT2D eigenvalue weighted by atomic mass is 10.1. The molecule has 7 nitrogen and oxygen atoms in total. The summed E-state index contributed by atoms with van der Waals surface area (Å²) < 4.78 is 37.9. The standard InChI is InChI=1S/C22H20N2O5S2/c1-15-5-4-6-16(11-15)8-10-20-23-21(14-30-20)31(26,27)24-18-9-7-17(12-19(18)28-2)13-22(25)29-3/h4-7,9,11-12,14,24H,13H2,1-3H3. The second-order valence-corrected chi connectivity index (χ2v) is 8.99. The van der Waals surface area contributed by atoms with E-state index < -0.39 is 16.0 Å². The molecule has 0 spiro atoms. The SMILES string of the molecule is COC(=O)Cc1ccc(NS(=O)(=O)c2csc(C#Cc3cccc(C)c3)n2)c(OC)c1. The van der Waals surface area contributed by atoms with E-state index in [0.29, 0.717) is 10.6 Å². The third-order valence-electron chi connectivity index (χ3n) is 4.18. The van der Waals surface area contributed by atoms with Crippen molar-refractivity contribution in [3.05, 3.63) is 69.5 Å². The number of ether oxygens (including phenoxy) is 2. The Hall–Kier alpha value is -3.35. The van der Waals surface area contributed by atoms with Gasteiger partial charge in [0, 0.05) is 10.9 Å². The summed E-state index contributed by atoms with van der Waals surface area (Å²) in [4.78, 5) is 15.6. The molecule has 0 radical (unpaired) electrons. The predicted molar refractivity (Wildman–Crippen MR) is 119 cm³/mol. The first-order chi connectivity index (χ1) is 14.8. The molecule has 0 fully saturated rings. The Kier molecular flexibility index (Phi) is 6.95. The fourth-order valence-electron chi connectivity index (χ4n) is 2.65. The van der Waals surface area contributed by atoms with Crippen LogP contribution in [-0.4, -0.2) is 33.6 Å². The number of aryl methyl sites for hydroxylation is 1. The average molecular weight is 457 g/mol. The van der Waals surface area contributed by atoms with E-state index in [1.165, 1.54) is 25.7 Å². The van der Waals surface area contributed by atoms with Gasteiger partial charge >= 0.3 is 5.97 Å². The molecule has 0 aliphatic rings. The summed E-state index contributed by atoms with van der Waals surface area (Å²) in [6.07, 6.45) is 0.0505. The Balaban J connectivity index is 1.79. The first kappa shape index (κ1) is 22.3. The lowest BCUT2D eigenvalue weighted by Gasteiger charge is -2.12. The van der Waals surface area contributed by atoms with Crippen molar-refractivity contribution < 1.29 is 22.7 Å². The summed E-state index contributed by atoms with van der Waals surface area (Å²) in [6, 6.07) is 12.4. The normalized spacial score (nSPS) is 10.7. The molecule has 0 aliphatic heterocycles. The van der Waals surface area contributed by atoms with Gasteiger partial charge in [0.25, 0.3) is 10.0 Å². The minimum atomic E-state index is -3.95. The van der Waals surface area contributed by atoms with Crippen molar-refractivity contribution in [2.24, 2.45) is 0 Å². The van der Waals surface area contributed by atoms with Crippen molar-refractivity contribution in [2.75, 3.05) is 18.9 Å².